The van der Waals surface area contributed by atoms with Crippen molar-refractivity contribution in [2.24, 2.45) is 0 Å². The van der Waals surface area contributed by atoms with Gasteiger partial charge in [0.2, 0.25) is 5.76 Å². The summed E-state index contributed by atoms with van der Waals surface area (Å²) < 4.78 is 10.1. The summed E-state index contributed by atoms with van der Waals surface area (Å²) in [5, 5.41) is 12.8. The number of carboxylic acids is 1. The van der Waals surface area contributed by atoms with Crippen molar-refractivity contribution < 1.29 is 23.6 Å². The second kappa shape index (κ2) is 4.84. The Morgan fingerprint density at radius 2 is 2.05 bits per heavy atom. The van der Waals surface area contributed by atoms with Gasteiger partial charge in [0.05, 0.1) is 6.26 Å². The third kappa shape index (κ3) is 2.29. The van der Waals surface area contributed by atoms with Crippen LogP contribution in [-0.2, 0) is 4.79 Å². The highest BCUT2D eigenvalue weighted by atomic mass is 16.5. The molecular weight excluding hydrogens is 264 g/mol. The summed E-state index contributed by atoms with van der Waals surface area (Å²) in [5.41, 5.74) is -1.32. The molecule has 7 nitrogen and oxygen atoms in total. The predicted octanol–water partition coefficient (Wildman–Crippen LogP) is 1.87. The average Bonchev–Trinajstić information content (AvgIpc) is 3.06. The van der Waals surface area contributed by atoms with Crippen molar-refractivity contribution in [3.8, 4) is 11.5 Å². The number of carbonyl (C=O) groups excluding carboxylic acids is 1. The molecule has 1 N–H and O–H groups in total. The highest BCUT2D eigenvalue weighted by Crippen LogP contribution is 2.22. The Hall–Kier alpha value is -2.57. The zero-order valence-electron chi connectivity index (χ0n) is 11.3. The molecule has 7 heteroatoms. The van der Waals surface area contributed by atoms with Crippen LogP contribution in [0.25, 0.3) is 11.5 Å². The minimum absolute atomic E-state index is 0.0215. The van der Waals surface area contributed by atoms with Crippen LogP contribution >= 0.6 is 0 Å². The van der Waals surface area contributed by atoms with Crippen molar-refractivity contribution in [3.63, 3.8) is 0 Å². The molecule has 106 valence electrons. The third-order valence-corrected chi connectivity index (χ3v) is 3.16. The van der Waals surface area contributed by atoms with Crippen molar-refractivity contribution in [1.82, 2.24) is 10.1 Å². The molecule has 2 heterocycles. The van der Waals surface area contributed by atoms with Crippen LogP contribution in [0.4, 0.5) is 0 Å². The van der Waals surface area contributed by atoms with E-state index in [1.165, 1.54) is 33.2 Å². The number of likely N-dealkylation sites (N-methyl/N-ethyl adjacent to an activating group) is 1. The van der Waals surface area contributed by atoms with Gasteiger partial charge in [-0.2, -0.15) is 0 Å². The van der Waals surface area contributed by atoms with Gasteiger partial charge in [0.25, 0.3) is 5.91 Å². The molecular formula is C13H14N2O5. The van der Waals surface area contributed by atoms with E-state index in [9.17, 15) is 9.59 Å². The summed E-state index contributed by atoms with van der Waals surface area (Å²) in [6.07, 6.45) is 1.47. The minimum Gasteiger partial charge on any atom is -0.480 e. The Morgan fingerprint density at radius 3 is 2.60 bits per heavy atom. The van der Waals surface area contributed by atoms with Crippen molar-refractivity contribution in [1.29, 1.82) is 0 Å². The molecule has 0 aliphatic carbocycles. The predicted molar refractivity (Wildman–Crippen MR) is 68.0 cm³/mol. The number of furan rings is 1. The van der Waals surface area contributed by atoms with E-state index in [0.717, 1.165) is 4.90 Å². The molecule has 2 aromatic rings. The van der Waals surface area contributed by atoms with Gasteiger partial charge in [0.1, 0.15) is 5.54 Å². The van der Waals surface area contributed by atoms with Gasteiger partial charge in [0.15, 0.2) is 11.5 Å². The number of hydrogen-bond acceptors (Lipinski definition) is 5. The van der Waals surface area contributed by atoms with E-state index in [1.807, 2.05) is 0 Å². The van der Waals surface area contributed by atoms with Gasteiger partial charge < -0.3 is 18.9 Å². The number of carbonyl (C=O) groups is 2. The van der Waals surface area contributed by atoms with Crippen LogP contribution in [-0.4, -0.2) is 39.6 Å². The molecule has 0 atom stereocenters. The summed E-state index contributed by atoms with van der Waals surface area (Å²) in [7, 11) is 1.40. The first-order valence-corrected chi connectivity index (χ1v) is 5.86. The lowest BCUT2D eigenvalue weighted by molar-refractivity contribution is -0.147. The molecule has 0 unspecified atom stereocenters. The number of rotatable bonds is 4. The molecule has 0 fully saturated rings. The van der Waals surface area contributed by atoms with E-state index in [4.69, 9.17) is 14.0 Å². The quantitative estimate of drug-likeness (QED) is 0.917. The van der Waals surface area contributed by atoms with Gasteiger partial charge in [0, 0.05) is 13.1 Å². The summed E-state index contributed by atoms with van der Waals surface area (Å²) in [6.45, 7) is 2.86. The fourth-order valence-corrected chi connectivity index (χ4v) is 1.48. The van der Waals surface area contributed by atoms with Crippen LogP contribution < -0.4 is 0 Å². The fourth-order valence-electron chi connectivity index (χ4n) is 1.48. The lowest BCUT2D eigenvalue weighted by Crippen LogP contribution is -2.50. The van der Waals surface area contributed by atoms with E-state index in [2.05, 4.69) is 5.16 Å². The molecule has 0 saturated heterocycles. The van der Waals surface area contributed by atoms with Crippen LogP contribution in [0.1, 0.15) is 24.3 Å². The average molecular weight is 278 g/mol. The zero-order chi connectivity index (χ0) is 14.9. The lowest BCUT2D eigenvalue weighted by atomic mass is 10.0. The van der Waals surface area contributed by atoms with Crippen LogP contribution in [0, 0.1) is 0 Å². The topological polar surface area (TPSA) is 96.8 Å². The molecule has 2 aromatic heterocycles. The maximum atomic E-state index is 12.2. The van der Waals surface area contributed by atoms with Gasteiger partial charge in [-0.15, -0.1) is 0 Å². The Balaban J connectivity index is 2.24. The minimum atomic E-state index is -1.35. The molecule has 0 aliphatic heterocycles. The highest BCUT2D eigenvalue weighted by molar-refractivity contribution is 5.96. The summed E-state index contributed by atoms with van der Waals surface area (Å²) >= 11 is 0. The first kappa shape index (κ1) is 13.9. The molecule has 0 bridgehead atoms. The largest absolute Gasteiger partial charge is 0.480 e. The number of nitrogens with zero attached hydrogens (tertiary/aromatic N) is 2. The number of amides is 1. The highest BCUT2D eigenvalue weighted by Gasteiger charge is 2.36. The summed E-state index contributed by atoms with van der Waals surface area (Å²) in [4.78, 5) is 24.4. The smallest absolute Gasteiger partial charge is 0.329 e. The van der Waals surface area contributed by atoms with Gasteiger partial charge in [-0.25, -0.2) is 4.79 Å². The van der Waals surface area contributed by atoms with E-state index in [0.29, 0.717) is 11.5 Å². The van der Waals surface area contributed by atoms with Crippen molar-refractivity contribution >= 4 is 11.9 Å². The Kier molecular flexibility index (Phi) is 3.35. The third-order valence-electron chi connectivity index (χ3n) is 3.16. The van der Waals surface area contributed by atoms with Gasteiger partial charge in [-0.3, -0.25) is 4.79 Å². The number of aliphatic carboxylic acids is 1. The molecule has 0 saturated carbocycles. The van der Waals surface area contributed by atoms with Crippen molar-refractivity contribution in [2.45, 2.75) is 19.4 Å². The first-order valence-electron chi connectivity index (χ1n) is 5.86. The second-order valence-electron chi connectivity index (χ2n) is 4.78. The molecule has 0 aliphatic rings. The van der Waals surface area contributed by atoms with E-state index >= 15 is 0 Å². The van der Waals surface area contributed by atoms with Crippen LogP contribution in [0.2, 0.25) is 0 Å². The zero-order valence-corrected chi connectivity index (χ0v) is 11.3. The Bertz CT molecular complexity index is 627. The molecule has 0 aromatic carbocycles. The lowest BCUT2D eigenvalue weighted by Gasteiger charge is -2.30. The Morgan fingerprint density at radius 1 is 1.35 bits per heavy atom. The monoisotopic (exact) mass is 278 g/mol. The second-order valence-corrected chi connectivity index (χ2v) is 4.78. The molecule has 2 rings (SSSR count). The van der Waals surface area contributed by atoms with Crippen molar-refractivity contribution in [3.05, 3.63) is 30.2 Å². The van der Waals surface area contributed by atoms with E-state index < -0.39 is 17.4 Å². The van der Waals surface area contributed by atoms with Crippen LogP contribution in [0.3, 0.4) is 0 Å². The van der Waals surface area contributed by atoms with E-state index in [-0.39, 0.29) is 5.69 Å². The normalized spacial score (nSPS) is 11.3. The molecule has 1 amide bonds. The van der Waals surface area contributed by atoms with Gasteiger partial charge in [-0.1, -0.05) is 5.16 Å². The van der Waals surface area contributed by atoms with E-state index in [1.54, 1.807) is 12.1 Å². The summed E-state index contributed by atoms with van der Waals surface area (Å²) in [6, 6.07) is 4.76. The number of aromatic nitrogens is 1. The summed E-state index contributed by atoms with van der Waals surface area (Å²) in [5.74, 6) is -0.904. The van der Waals surface area contributed by atoms with Crippen LogP contribution in [0.5, 0.6) is 0 Å². The first-order chi connectivity index (χ1) is 9.34. The standard InChI is InChI=1S/C13H14N2O5/c1-13(2,12(17)18)15(3)11(16)8-7-10(20-14-8)9-5-4-6-19-9/h4-7H,1-3H3,(H,17,18). The van der Waals surface area contributed by atoms with Gasteiger partial charge in [-0.05, 0) is 26.0 Å². The molecule has 0 radical (unpaired) electrons. The number of carboxylic acid groups (broad SMARTS) is 1. The maximum Gasteiger partial charge on any atom is 0.329 e. The SMILES string of the molecule is CN(C(=O)c1cc(-c2ccco2)on1)C(C)(C)C(=O)O. The van der Waals surface area contributed by atoms with Gasteiger partial charge >= 0.3 is 5.97 Å². The molecule has 20 heavy (non-hydrogen) atoms. The van der Waals surface area contributed by atoms with Crippen LogP contribution in [0.15, 0.2) is 33.4 Å². The Labute approximate surface area is 114 Å². The maximum absolute atomic E-state index is 12.2. The molecule has 0 spiro atoms. The fraction of sp³-hybridized carbons (Fsp3) is 0.308. The number of hydrogen-bond donors (Lipinski definition) is 1. The van der Waals surface area contributed by atoms with Crippen molar-refractivity contribution in [2.75, 3.05) is 7.05 Å².